The van der Waals surface area contributed by atoms with Crippen LogP contribution in [0.1, 0.15) is 201 Å². The summed E-state index contributed by atoms with van der Waals surface area (Å²) in [5.74, 6) is -0.966. The first-order chi connectivity index (χ1) is 29.0. The predicted octanol–water partition coefficient (Wildman–Crippen LogP) is 15.4. The van der Waals surface area contributed by atoms with Gasteiger partial charge in [-0.1, -0.05) is 182 Å². The van der Waals surface area contributed by atoms with E-state index in [2.05, 4.69) is 118 Å². The van der Waals surface area contributed by atoms with E-state index < -0.39 is 6.10 Å². The molecule has 0 aliphatic heterocycles. The van der Waals surface area contributed by atoms with Crippen molar-refractivity contribution in [2.45, 2.75) is 207 Å². The second-order valence-corrected chi connectivity index (χ2v) is 15.3. The largest absolute Gasteiger partial charge is 0.462 e. The van der Waals surface area contributed by atoms with Gasteiger partial charge in [0.15, 0.2) is 6.10 Å². The molecular weight excluding hydrogens is 733 g/mol. The van der Waals surface area contributed by atoms with E-state index in [1.807, 2.05) is 0 Å². The number of unbranched alkanes of at least 4 members (excludes halogenated alkanes) is 16. The summed E-state index contributed by atoms with van der Waals surface area (Å²) >= 11 is 0. The summed E-state index contributed by atoms with van der Waals surface area (Å²) in [7, 11) is 0. The van der Waals surface area contributed by atoms with Crippen LogP contribution in [0.4, 0.5) is 0 Å². The highest BCUT2D eigenvalue weighted by Crippen LogP contribution is 2.13. The minimum Gasteiger partial charge on any atom is -0.462 e. The zero-order valence-electron chi connectivity index (χ0n) is 38.0. The molecule has 0 saturated carbocycles. The summed E-state index contributed by atoms with van der Waals surface area (Å²) in [6.07, 6.45) is 61.0. The van der Waals surface area contributed by atoms with Crippen LogP contribution in [0.15, 0.2) is 97.2 Å². The Morgan fingerprint density at radius 1 is 0.373 bits per heavy atom. The van der Waals surface area contributed by atoms with Crippen LogP contribution >= 0.6 is 0 Å². The van der Waals surface area contributed by atoms with Gasteiger partial charge in [0, 0.05) is 19.3 Å². The maximum atomic E-state index is 12.7. The molecule has 0 fully saturated rings. The molecule has 0 bridgehead atoms. The molecule has 0 aromatic heterocycles. The molecule has 0 aliphatic rings. The fourth-order valence-electron chi connectivity index (χ4n) is 6.06. The van der Waals surface area contributed by atoms with Gasteiger partial charge in [0.2, 0.25) is 0 Å². The van der Waals surface area contributed by atoms with Crippen molar-refractivity contribution in [3.05, 3.63) is 97.2 Å². The number of carbonyl (C=O) groups excluding carboxylic acids is 3. The Bertz CT molecular complexity index is 1220. The highest BCUT2D eigenvalue weighted by atomic mass is 16.6. The number of ether oxygens (including phenoxy) is 3. The van der Waals surface area contributed by atoms with E-state index in [0.29, 0.717) is 19.3 Å². The molecule has 1 atom stereocenters. The van der Waals surface area contributed by atoms with E-state index in [1.165, 1.54) is 32.1 Å². The Labute approximate surface area is 362 Å². The third kappa shape index (κ3) is 45.3. The topological polar surface area (TPSA) is 78.9 Å². The molecule has 0 aromatic carbocycles. The van der Waals surface area contributed by atoms with Gasteiger partial charge in [-0.2, -0.15) is 0 Å². The maximum absolute atomic E-state index is 12.7. The Morgan fingerprint density at radius 2 is 0.746 bits per heavy atom. The Hall–Kier alpha value is -3.67. The number of allylic oxidation sites excluding steroid dienone is 16. The van der Waals surface area contributed by atoms with E-state index >= 15 is 0 Å². The van der Waals surface area contributed by atoms with Crippen molar-refractivity contribution in [3.63, 3.8) is 0 Å². The van der Waals surface area contributed by atoms with Gasteiger partial charge in [-0.25, -0.2) is 0 Å². The summed E-state index contributed by atoms with van der Waals surface area (Å²) in [6.45, 7) is 6.28. The Balaban J connectivity index is 4.47. The summed E-state index contributed by atoms with van der Waals surface area (Å²) < 4.78 is 16.7. The first-order valence-electron chi connectivity index (χ1n) is 23.8. The minimum absolute atomic E-state index is 0.101. The summed E-state index contributed by atoms with van der Waals surface area (Å²) in [5.41, 5.74) is 0. The van der Waals surface area contributed by atoms with Crippen molar-refractivity contribution in [3.8, 4) is 0 Å². The van der Waals surface area contributed by atoms with Crippen molar-refractivity contribution in [1.82, 2.24) is 0 Å². The van der Waals surface area contributed by atoms with E-state index in [9.17, 15) is 14.4 Å². The SMILES string of the molecule is CC\C=C/C=C\C=C/CCCCCCCCCC(=O)OC(COC(=O)CCCCC/C=C\C/C=C\C/C=C\C/C=C\CC)COC(=O)CCCCCC/C=C\CCCC. The molecule has 0 heterocycles. The van der Waals surface area contributed by atoms with Gasteiger partial charge >= 0.3 is 17.9 Å². The summed E-state index contributed by atoms with van der Waals surface area (Å²) in [6, 6.07) is 0. The predicted molar refractivity (Wildman–Crippen MR) is 251 cm³/mol. The monoisotopic (exact) mass is 819 g/mol. The first kappa shape index (κ1) is 55.3. The lowest BCUT2D eigenvalue weighted by atomic mass is 10.1. The van der Waals surface area contributed by atoms with Crippen LogP contribution in [0.25, 0.3) is 0 Å². The van der Waals surface area contributed by atoms with Crippen LogP contribution < -0.4 is 0 Å². The number of rotatable bonds is 41. The smallest absolute Gasteiger partial charge is 0.306 e. The van der Waals surface area contributed by atoms with Gasteiger partial charge in [0.05, 0.1) is 0 Å². The van der Waals surface area contributed by atoms with Gasteiger partial charge in [-0.15, -0.1) is 0 Å². The second kappa shape index (κ2) is 47.0. The summed E-state index contributed by atoms with van der Waals surface area (Å²) in [4.78, 5) is 37.8. The molecule has 0 radical (unpaired) electrons. The van der Waals surface area contributed by atoms with Crippen molar-refractivity contribution >= 4 is 17.9 Å². The average Bonchev–Trinajstić information content (AvgIpc) is 3.23. The van der Waals surface area contributed by atoms with Crippen LogP contribution in [0.3, 0.4) is 0 Å². The average molecular weight is 819 g/mol. The van der Waals surface area contributed by atoms with Crippen LogP contribution in [0, 0.1) is 0 Å². The molecule has 0 amide bonds. The number of carbonyl (C=O) groups is 3. The zero-order chi connectivity index (χ0) is 43.0. The van der Waals surface area contributed by atoms with E-state index in [0.717, 1.165) is 128 Å². The van der Waals surface area contributed by atoms with E-state index in [-0.39, 0.29) is 31.1 Å². The molecule has 0 aromatic rings. The molecule has 59 heavy (non-hydrogen) atoms. The molecule has 334 valence electrons. The second-order valence-electron chi connectivity index (χ2n) is 15.3. The lowest BCUT2D eigenvalue weighted by Gasteiger charge is -2.18. The number of esters is 3. The third-order valence-electron chi connectivity index (χ3n) is 9.61. The molecule has 6 nitrogen and oxygen atoms in total. The first-order valence-corrected chi connectivity index (χ1v) is 23.8. The maximum Gasteiger partial charge on any atom is 0.306 e. The molecule has 6 heteroatoms. The minimum atomic E-state index is -0.801. The van der Waals surface area contributed by atoms with Gasteiger partial charge in [-0.3, -0.25) is 14.4 Å². The quantitative estimate of drug-likeness (QED) is 0.0201. The van der Waals surface area contributed by atoms with Crippen molar-refractivity contribution < 1.29 is 28.6 Å². The van der Waals surface area contributed by atoms with E-state index in [4.69, 9.17) is 14.2 Å². The number of hydrogen-bond acceptors (Lipinski definition) is 6. The highest BCUT2D eigenvalue weighted by molar-refractivity contribution is 5.71. The van der Waals surface area contributed by atoms with Crippen LogP contribution in [-0.4, -0.2) is 37.2 Å². The van der Waals surface area contributed by atoms with Crippen molar-refractivity contribution in [1.29, 1.82) is 0 Å². The lowest BCUT2D eigenvalue weighted by molar-refractivity contribution is -0.167. The molecule has 0 N–H and O–H groups in total. The van der Waals surface area contributed by atoms with Gasteiger partial charge < -0.3 is 14.2 Å². The third-order valence-corrected chi connectivity index (χ3v) is 9.61. The molecule has 0 aliphatic carbocycles. The lowest BCUT2D eigenvalue weighted by Crippen LogP contribution is -2.30. The normalized spacial score (nSPS) is 12.9. The number of hydrogen-bond donors (Lipinski definition) is 0. The molecule has 0 rings (SSSR count). The van der Waals surface area contributed by atoms with Gasteiger partial charge in [-0.05, 0) is 96.3 Å². The molecule has 1 unspecified atom stereocenters. The Kier molecular flexibility index (Phi) is 44.1. The van der Waals surface area contributed by atoms with Crippen LogP contribution in [0.5, 0.6) is 0 Å². The molecule has 0 saturated heterocycles. The van der Waals surface area contributed by atoms with Crippen molar-refractivity contribution in [2.75, 3.05) is 13.2 Å². The molecule has 0 spiro atoms. The van der Waals surface area contributed by atoms with Crippen molar-refractivity contribution in [2.24, 2.45) is 0 Å². The fourth-order valence-corrected chi connectivity index (χ4v) is 6.06. The van der Waals surface area contributed by atoms with Crippen LogP contribution in [0.2, 0.25) is 0 Å². The standard InChI is InChI=1S/C53H86O6/c1-4-7-10-13-16-19-22-24-26-28-29-31-34-37-40-43-46-52(55)58-49-50(48-57-51(54)45-42-39-36-33-21-18-15-12-9-6-3)59-53(56)47-44-41-38-35-32-30-27-25-23-20-17-14-11-8-5-2/h7-8,10-11,14-20,23-24,26,29,31,50H,4-6,9,12-13,21-22,25,27-28,30,32-49H2,1-3H3/b10-7-,11-8-,17-14-,18-15-,19-16-,23-20-,26-24-,31-29-. The van der Waals surface area contributed by atoms with Gasteiger partial charge in [0.25, 0.3) is 0 Å². The van der Waals surface area contributed by atoms with Crippen LogP contribution in [-0.2, 0) is 28.6 Å². The highest BCUT2D eigenvalue weighted by Gasteiger charge is 2.19. The van der Waals surface area contributed by atoms with Gasteiger partial charge in [0.1, 0.15) is 13.2 Å². The van der Waals surface area contributed by atoms with E-state index in [1.54, 1.807) is 0 Å². The fraction of sp³-hybridized carbons (Fsp3) is 0.642. The molecular formula is C53H86O6. The summed E-state index contributed by atoms with van der Waals surface area (Å²) in [5, 5.41) is 0. The zero-order valence-corrected chi connectivity index (χ0v) is 38.0. The Morgan fingerprint density at radius 3 is 1.25 bits per heavy atom.